The molecule has 0 radical (unpaired) electrons. The molecule has 5 heteroatoms. The topological polar surface area (TPSA) is 39.7 Å². The van der Waals surface area contributed by atoms with Gasteiger partial charge in [-0.2, -0.15) is 0 Å². The maximum Gasteiger partial charge on any atom is 0.231 e. The summed E-state index contributed by atoms with van der Waals surface area (Å²) in [5.41, 5.74) is 1.18. The minimum absolute atomic E-state index is 0. The smallest absolute Gasteiger partial charge is 0.231 e. The number of hydrogen-bond acceptors (Lipinski definition) is 4. The molecular weight excluding hydrogens is 321 g/mol. The summed E-state index contributed by atoms with van der Waals surface area (Å²) in [6, 6.07) is 12.5. The zero-order valence-corrected chi connectivity index (χ0v) is 13.3. The number of rotatable bonds is 4. The Labute approximate surface area is 147 Å². The van der Waals surface area contributed by atoms with Gasteiger partial charge < -0.3 is 19.5 Å². The summed E-state index contributed by atoms with van der Waals surface area (Å²) in [6.07, 6.45) is 1.03. The molecule has 25 heavy (non-hydrogen) atoms. The molecule has 1 N–H and O–H groups in total. The van der Waals surface area contributed by atoms with Crippen LogP contribution in [0.2, 0.25) is 0 Å². The van der Waals surface area contributed by atoms with E-state index in [1.54, 1.807) is 0 Å². The van der Waals surface area contributed by atoms with Crippen LogP contribution in [0.3, 0.4) is 0 Å². The van der Waals surface area contributed by atoms with Crippen LogP contribution in [0.15, 0.2) is 42.5 Å². The number of hydrogen-bond donors (Lipinski definition) is 1. The van der Waals surface area contributed by atoms with Gasteiger partial charge in [0.1, 0.15) is 11.6 Å². The molecule has 2 aliphatic rings. The normalized spacial score (nSPS) is 21.5. The zero-order chi connectivity index (χ0) is 16.4. The van der Waals surface area contributed by atoms with Crippen molar-refractivity contribution < 1.29 is 18.6 Å². The Balaban J connectivity index is 0.00000182. The van der Waals surface area contributed by atoms with Gasteiger partial charge in [-0.15, -0.1) is 0 Å². The van der Waals surface area contributed by atoms with Gasteiger partial charge in [-0.1, -0.05) is 19.6 Å². The van der Waals surface area contributed by atoms with Gasteiger partial charge in [0, 0.05) is 18.5 Å². The van der Waals surface area contributed by atoms with Crippen LogP contribution in [-0.4, -0.2) is 26.5 Å². The molecule has 2 aromatic rings. The van der Waals surface area contributed by atoms with Gasteiger partial charge in [-0.05, 0) is 48.7 Å². The number of ether oxygens (including phenoxy) is 3. The van der Waals surface area contributed by atoms with E-state index in [0.717, 1.165) is 36.8 Å². The van der Waals surface area contributed by atoms with E-state index in [9.17, 15) is 4.39 Å². The molecule has 2 atom stereocenters. The number of nitrogens with one attached hydrogen (secondary N) is 1. The molecule has 134 valence electrons. The first-order chi connectivity index (χ1) is 11.8. The Bertz CT molecular complexity index is 705. The van der Waals surface area contributed by atoms with Crippen molar-refractivity contribution in [3.05, 3.63) is 53.8 Å². The molecule has 4 nitrogen and oxygen atoms in total. The van der Waals surface area contributed by atoms with Crippen molar-refractivity contribution >= 4 is 0 Å². The van der Waals surface area contributed by atoms with Crippen LogP contribution in [-0.2, 0) is 0 Å². The predicted molar refractivity (Wildman–Crippen MR) is 94.9 cm³/mol. The fourth-order valence-corrected chi connectivity index (χ4v) is 3.42. The van der Waals surface area contributed by atoms with Gasteiger partial charge in [0.25, 0.3) is 0 Å². The summed E-state index contributed by atoms with van der Waals surface area (Å²) in [5.74, 6) is 2.79. The highest BCUT2D eigenvalue weighted by Crippen LogP contribution is 2.36. The molecular formula is C20H24FNO3. The van der Waals surface area contributed by atoms with Crippen LogP contribution in [0.1, 0.15) is 25.3 Å². The van der Waals surface area contributed by atoms with Crippen molar-refractivity contribution in [1.29, 1.82) is 0 Å². The van der Waals surface area contributed by atoms with E-state index in [1.165, 1.54) is 17.7 Å². The number of benzene rings is 2. The lowest BCUT2D eigenvalue weighted by Gasteiger charge is -2.32. The third-order valence-corrected chi connectivity index (χ3v) is 4.71. The molecule has 0 amide bonds. The van der Waals surface area contributed by atoms with Crippen LogP contribution in [0.5, 0.6) is 17.2 Å². The molecule has 2 aromatic carbocycles. The molecule has 2 aliphatic heterocycles. The highest BCUT2D eigenvalue weighted by Gasteiger charge is 2.27. The predicted octanol–water partition coefficient (Wildman–Crippen LogP) is 3.96. The SMILES string of the molecule is C.Fc1ccc([C@@H]2CCNC[C@H]2COc2ccc3c(c2)OCO3)cc1. The number of halogens is 1. The largest absolute Gasteiger partial charge is 0.493 e. The number of piperidine rings is 1. The third kappa shape index (κ3) is 3.87. The van der Waals surface area contributed by atoms with Crippen LogP contribution >= 0.6 is 0 Å². The van der Waals surface area contributed by atoms with Crippen molar-refractivity contribution in [2.24, 2.45) is 5.92 Å². The van der Waals surface area contributed by atoms with Crippen LogP contribution < -0.4 is 19.5 Å². The van der Waals surface area contributed by atoms with E-state index in [2.05, 4.69) is 5.32 Å². The summed E-state index contributed by atoms with van der Waals surface area (Å²) in [4.78, 5) is 0. The van der Waals surface area contributed by atoms with Crippen molar-refractivity contribution in [3.8, 4) is 17.2 Å². The third-order valence-electron chi connectivity index (χ3n) is 4.71. The van der Waals surface area contributed by atoms with Gasteiger partial charge in [-0.3, -0.25) is 0 Å². The summed E-state index contributed by atoms with van der Waals surface area (Å²) in [7, 11) is 0. The first-order valence-electron chi connectivity index (χ1n) is 8.28. The van der Waals surface area contributed by atoms with Crippen molar-refractivity contribution in [2.45, 2.75) is 19.8 Å². The monoisotopic (exact) mass is 345 g/mol. The Kier molecular flexibility index (Phi) is 5.43. The molecule has 2 heterocycles. The quantitative estimate of drug-likeness (QED) is 0.910. The lowest BCUT2D eigenvalue weighted by atomic mass is 9.81. The molecule has 0 bridgehead atoms. The molecule has 1 saturated heterocycles. The fourth-order valence-electron chi connectivity index (χ4n) is 3.42. The molecule has 0 spiro atoms. The Morgan fingerprint density at radius 1 is 1.08 bits per heavy atom. The maximum atomic E-state index is 13.2. The lowest BCUT2D eigenvalue weighted by molar-refractivity contribution is 0.173. The summed E-state index contributed by atoms with van der Waals surface area (Å²) in [5, 5.41) is 3.43. The van der Waals surface area contributed by atoms with Crippen LogP contribution in [0, 0.1) is 11.7 Å². The molecule has 0 aliphatic carbocycles. The summed E-state index contributed by atoms with van der Waals surface area (Å²) >= 11 is 0. The van der Waals surface area contributed by atoms with E-state index >= 15 is 0 Å². The summed E-state index contributed by atoms with van der Waals surface area (Å²) in [6.45, 7) is 2.74. The van der Waals surface area contributed by atoms with Crippen molar-refractivity contribution in [1.82, 2.24) is 5.32 Å². The Morgan fingerprint density at radius 3 is 2.72 bits per heavy atom. The van der Waals surface area contributed by atoms with E-state index in [1.807, 2.05) is 30.3 Å². The van der Waals surface area contributed by atoms with Gasteiger partial charge in [0.15, 0.2) is 11.5 Å². The molecule has 0 aromatic heterocycles. The van der Waals surface area contributed by atoms with Gasteiger partial charge in [-0.25, -0.2) is 4.39 Å². The second kappa shape index (κ2) is 7.74. The molecule has 0 unspecified atom stereocenters. The molecule has 4 rings (SSSR count). The highest BCUT2D eigenvalue weighted by molar-refractivity contribution is 5.46. The number of fused-ring (bicyclic) bond motifs is 1. The van der Waals surface area contributed by atoms with Gasteiger partial charge in [0.05, 0.1) is 6.61 Å². The van der Waals surface area contributed by atoms with Gasteiger partial charge in [0.2, 0.25) is 6.79 Å². The van der Waals surface area contributed by atoms with Crippen molar-refractivity contribution in [3.63, 3.8) is 0 Å². The first-order valence-corrected chi connectivity index (χ1v) is 8.28. The Morgan fingerprint density at radius 2 is 1.88 bits per heavy atom. The van der Waals surface area contributed by atoms with E-state index in [-0.39, 0.29) is 20.0 Å². The minimum Gasteiger partial charge on any atom is -0.493 e. The van der Waals surface area contributed by atoms with Crippen LogP contribution in [0.4, 0.5) is 4.39 Å². The fraction of sp³-hybridized carbons (Fsp3) is 0.400. The van der Waals surface area contributed by atoms with Gasteiger partial charge >= 0.3 is 0 Å². The average molecular weight is 345 g/mol. The van der Waals surface area contributed by atoms with E-state index < -0.39 is 0 Å². The van der Waals surface area contributed by atoms with Crippen molar-refractivity contribution in [2.75, 3.05) is 26.5 Å². The molecule has 0 saturated carbocycles. The molecule has 1 fully saturated rings. The second-order valence-electron chi connectivity index (χ2n) is 6.24. The van der Waals surface area contributed by atoms with E-state index in [4.69, 9.17) is 14.2 Å². The first kappa shape index (κ1) is 17.5. The lowest BCUT2D eigenvalue weighted by Crippen LogP contribution is -2.38. The zero-order valence-electron chi connectivity index (χ0n) is 13.3. The maximum absolute atomic E-state index is 13.2. The highest BCUT2D eigenvalue weighted by atomic mass is 19.1. The standard InChI is InChI=1S/C19H20FNO3.CH4/c20-15-3-1-13(2-4-15)17-7-8-21-10-14(17)11-22-16-5-6-18-19(9-16)24-12-23-18;/h1-6,9,14,17,21H,7-8,10-12H2;1H4/t14-,17-;/m0./s1. The minimum atomic E-state index is -0.194. The second-order valence-corrected chi connectivity index (χ2v) is 6.24. The van der Waals surface area contributed by atoms with Crippen LogP contribution in [0.25, 0.3) is 0 Å². The summed E-state index contributed by atoms with van der Waals surface area (Å²) < 4.78 is 29.9. The average Bonchev–Trinajstić information content (AvgIpc) is 3.09. The van der Waals surface area contributed by atoms with E-state index in [0.29, 0.717) is 18.4 Å². The Hall–Kier alpha value is -2.27.